The Morgan fingerprint density at radius 2 is 2.00 bits per heavy atom. The van der Waals surface area contributed by atoms with E-state index in [-0.39, 0.29) is 18.7 Å². The lowest BCUT2D eigenvalue weighted by molar-refractivity contribution is -0.151. The fourth-order valence-electron chi connectivity index (χ4n) is 1.98. The highest BCUT2D eigenvalue weighted by Crippen LogP contribution is 2.17. The standard InChI is InChI=1S/C15H20O5/c1-17-12-5-7-13(8-6-12)19-11-15(16)20-10-14-4-2-3-9-18-14/h5-8,14H,2-4,9-11H2,1H3. The SMILES string of the molecule is COc1ccc(OCC(=O)OCC2CCCCO2)cc1. The Bertz CT molecular complexity index is 409. The molecule has 1 aliphatic heterocycles. The highest BCUT2D eigenvalue weighted by Gasteiger charge is 2.16. The zero-order chi connectivity index (χ0) is 14.2. The molecular weight excluding hydrogens is 260 g/mol. The van der Waals surface area contributed by atoms with E-state index in [9.17, 15) is 4.79 Å². The van der Waals surface area contributed by atoms with Gasteiger partial charge in [0.05, 0.1) is 13.2 Å². The summed E-state index contributed by atoms with van der Waals surface area (Å²) in [7, 11) is 1.60. The summed E-state index contributed by atoms with van der Waals surface area (Å²) in [4.78, 5) is 11.6. The van der Waals surface area contributed by atoms with Crippen LogP contribution < -0.4 is 9.47 Å². The summed E-state index contributed by atoms with van der Waals surface area (Å²) in [5.74, 6) is 0.973. The van der Waals surface area contributed by atoms with Crippen molar-refractivity contribution in [1.82, 2.24) is 0 Å². The van der Waals surface area contributed by atoms with Crippen LogP contribution in [0.5, 0.6) is 11.5 Å². The van der Waals surface area contributed by atoms with Gasteiger partial charge < -0.3 is 18.9 Å². The topological polar surface area (TPSA) is 54.0 Å². The number of methoxy groups -OCH3 is 1. The molecule has 1 aliphatic rings. The molecule has 0 N–H and O–H groups in total. The average molecular weight is 280 g/mol. The van der Waals surface area contributed by atoms with E-state index in [2.05, 4.69) is 0 Å². The molecule has 1 saturated heterocycles. The highest BCUT2D eigenvalue weighted by atomic mass is 16.6. The molecule has 5 heteroatoms. The van der Waals surface area contributed by atoms with Crippen molar-refractivity contribution in [1.29, 1.82) is 0 Å². The quantitative estimate of drug-likeness (QED) is 0.748. The highest BCUT2D eigenvalue weighted by molar-refractivity contribution is 5.71. The first kappa shape index (κ1) is 14.7. The van der Waals surface area contributed by atoms with Gasteiger partial charge in [0.1, 0.15) is 18.1 Å². The maximum Gasteiger partial charge on any atom is 0.344 e. The Morgan fingerprint density at radius 1 is 1.25 bits per heavy atom. The molecule has 2 rings (SSSR count). The zero-order valence-corrected chi connectivity index (χ0v) is 11.7. The Labute approximate surface area is 118 Å². The van der Waals surface area contributed by atoms with Crippen molar-refractivity contribution in [3.63, 3.8) is 0 Å². The van der Waals surface area contributed by atoms with Crippen LogP contribution in [0.25, 0.3) is 0 Å². The summed E-state index contributed by atoms with van der Waals surface area (Å²) in [6, 6.07) is 7.04. The van der Waals surface area contributed by atoms with Crippen LogP contribution in [-0.2, 0) is 14.3 Å². The summed E-state index contributed by atoms with van der Waals surface area (Å²) >= 11 is 0. The molecule has 0 saturated carbocycles. The second-order valence-electron chi connectivity index (χ2n) is 4.64. The molecule has 1 aromatic carbocycles. The van der Waals surface area contributed by atoms with Crippen LogP contribution in [0.3, 0.4) is 0 Å². The minimum atomic E-state index is -0.380. The van der Waals surface area contributed by atoms with E-state index < -0.39 is 0 Å². The fourth-order valence-corrected chi connectivity index (χ4v) is 1.98. The zero-order valence-electron chi connectivity index (χ0n) is 11.7. The normalized spacial score (nSPS) is 18.4. The lowest BCUT2D eigenvalue weighted by atomic mass is 10.1. The van der Waals surface area contributed by atoms with Gasteiger partial charge in [-0.3, -0.25) is 0 Å². The number of benzene rings is 1. The van der Waals surface area contributed by atoms with Gasteiger partial charge in [-0.15, -0.1) is 0 Å². The van der Waals surface area contributed by atoms with E-state index in [4.69, 9.17) is 18.9 Å². The third kappa shape index (κ3) is 4.74. The fraction of sp³-hybridized carbons (Fsp3) is 0.533. The van der Waals surface area contributed by atoms with Crippen molar-refractivity contribution in [2.75, 3.05) is 26.9 Å². The second kappa shape index (κ2) is 7.75. The third-order valence-electron chi connectivity index (χ3n) is 3.12. The van der Waals surface area contributed by atoms with E-state index in [0.29, 0.717) is 12.4 Å². The van der Waals surface area contributed by atoms with Crippen molar-refractivity contribution >= 4 is 5.97 Å². The van der Waals surface area contributed by atoms with Crippen LogP contribution in [0.1, 0.15) is 19.3 Å². The molecule has 0 aromatic heterocycles. The molecule has 0 radical (unpaired) electrons. The number of esters is 1. The smallest absolute Gasteiger partial charge is 0.344 e. The Kier molecular flexibility index (Phi) is 5.68. The van der Waals surface area contributed by atoms with Gasteiger partial charge in [-0.1, -0.05) is 0 Å². The van der Waals surface area contributed by atoms with E-state index in [1.807, 2.05) is 0 Å². The van der Waals surface area contributed by atoms with Crippen molar-refractivity contribution in [2.45, 2.75) is 25.4 Å². The number of hydrogen-bond donors (Lipinski definition) is 0. The Balaban J connectivity index is 1.66. The molecule has 110 valence electrons. The molecule has 1 atom stereocenters. The van der Waals surface area contributed by atoms with Gasteiger partial charge in [-0.05, 0) is 43.5 Å². The first-order chi connectivity index (χ1) is 9.78. The maximum absolute atomic E-state index is 11.6. The van der Waals surface area contributed by atoms with Gasteiger partial charge in [0.2, 0.25) is 0 Å². The first-order valence-corrected chi connectivity index (χ1v) is 6.82. The average Bonchev–Trinajstić information content (AvgIpc) is 2.52. The van der Waals surface area contributed by atoms with E-state index >= 15 is 0 Å². The molecule has 0 amide bonds. The summed E-state index contributed by atoms with van der Waals surface area (Å²) in [6.45, 7) is 0.967. The maximum atomic E-state index is 11.6. The summed E-state index contributed by atoms with van der Waals surface area (Å²) in [6.07, 6.45) is 3.20. The number of rotatable bonds is 6. The molecule has 5 nitrogen and oxygen atoms in total. The molecule has 20 heavy (non-hydrogen) atoms. The summed E-state index contributed by atoms with van der Waals surface area (Å²) in [5, 5.41) is 0. The van der Waals surface area contributed by atoms with Crippen LogP contribution in [-0.4, -0.2) is 39.0 Å². The van der Waals surface area contributed by atoms with Crippen molar-refractivity contribution in [2.24, 2.45) is 0 Å². The predicted octanol–water partition coefficient (Wildman–Crippen LogP) is 2.19. The van der Waals surface area contributed by atoms with E-state index in [1.54, 1.807) is 31.4 Å². The molecule has 0 bridgehead atoms. The molecule has 1 unspecified atom stereocenters. The van der Waals surface area contributed by atoms with Crippen LogP contribution in [0.15, 0.2) is 24.3 Å². The van der Waals surface area contributed by atoms with Crippen LogP contribution in [0, 0.1) is 0 Å². The molecule has 1 aromatic rings. The van der Waals surface area contributed by atoms with Crippen LogP contribution in [0.4, 0.5) is 0 Å². The molecule has 0 spiro atoms. The van der Waals surface area contributed by atoms with Gasteiger partial charge >= 0.3 is 5.97 Å². The van der Waals surface area contributed by atoms with Gasteiger partial charge in [0.25, 0.3) is 0 Å². The molecule has 1 fully saturated rings. The van der Waals surface area contributed by atoms with E-state index in [1.165, 1.54) is 0 Å². The van der Waals surface area contributed by atoms with E-state index in [0.717, 1.165) is 31.6 Å². The van der Waals surface area contributed by atoms with Crippen molar-refractivity contribution < 1.29 is 23.7 Å². The number of hydrogen-bond acceptors (Lipinski definition) is 5. The first-order valence-electron chi connectivity index (χ1n) is 6.82. The monoisotopic (exact) mass is 280 g/mol. The van der Waals surface area contributed by atoms with Crippen molar-refractivity contribution in [3.8, 4) is 11.5 Å². The third-order valence-corrected chi connectivity index (χ3v) is 3.12. The number of carbonyl (C=O) groups excluding carboxylic acids is 1. The second-order valence-corrected chi connectivity index (χ2v) is 4.64. The van der Waals surface area contributed by atoms with Gasteiger partial charge in [0, 0.05) is 6.61 Å². The lowest BCUT2D eigenvalue weighted by Gasteiger charge is -2.22. The number of ether oxygens (including phenoxy) is 4. The van der Waals surface area contributed by atoms with Crippen LogP contribution >= 0.6 is 0 Å². The Morgan fingerprint density at radius 3 is 2.65 bits per heavy atom. The predicted molar refractivity (Wildman–Crippen MR) is 73.0 cm³/mol. The Hall–Kier alpha value is -1.75. The number of carbonyl (C=O) groups is 1. The summed E-state index contributed by atoms with van der Waals surface area (Å²) in [5.41, 5.74) is 0. The molecular formula is C15H20O5. The van der Waals surface area contributed by atoms with Crippen LogP contribution in [0.2, 0.25) is 0 Å². The lowest BCUT2D eigenvalue weighted by Crippen LogP contribution is -2.27. The van der Waals surface area contributed by atoms with Gasteiger partial charge in [-0.25, -0.2) is 4.79 Å². The van der Waals surface area contributed by atoms with Gasteiger partial charge in [-0.2, -0.15) is 0 Å². The largest absolute Gasteiger partial charge is 0.497 e. The minimum absolute atomic E-state index is 0.0358. The van der Waals surface area contributed by atoms with Crippen molar-refractivity contribution in [3.05, 3.63) is 24.3 Å². The molecule has 1 heterocycles. The van der Waals surface area contributed by atoms with Gasteiger partial charge in [0.15, 0.2) is 6.61 Å². The summed E-state index contributed by atoms with van der Waals surface area (Å²) < 4.78 is 21.0. The molecule has 0 aliphatic carbocycles. The minimum Gasteiger partial charge on any atom is -0.497 e.